The van der Waals surface area contributed by atoms with E-state index in [1.165, 1.54) is 12.1 Å². The predicted octanol–water partition coefficient (Wildman–Crippen LogP) is 3.32. The summed E-state index contributed by atoms with van der Waals surface area (Å²) in [5, 5.41) is 10.2. The topological polar surface area (TPSA) is 29.5 Å². The van der Waals surface area contributed by atoms with Crippen molar-refractivity contribution in [3.05, 3.63) is 35.4 Å². The Balaban J connectivity index is 2.87. The quantitative estimate of drug-likeness (QED) is 0.891. The third kappa shape index (κ3) is 4.25. The largest absolute Gasteiger partial charge is 0.390 e. The number of aliphatic hydroxyl groups is 1. The lowest BCUT2D eigenvalue weighted by Crippen LogP contribution is -2.41. The van der Waals surface area contributed by atoms with Crippen molar-refractivity contribution in [1.29, 1.82) is 0 Å². The van der Waals surface area contributed by atoms with Crippen molar-refractivity contribution in [3.8, 4) is 0 Å². The van der Waals surface area contributed by atoms with E-state index >= 15 is 0 Å². The Labute approximate surface area is 113 Å². The van der Waals surface area contributed by atoms with Crippen LogP contribution in [0, 0.1) is 17.0 Å². The first-order valence-corrected chi connectivity index (χ1v) is 6.50. The Hall–Kier alpha value is -1.00. The first-order valence-electron chi connectivity index (χ1n) is 6.50. The Morgan fingerprint density at radius 3 is 2.42 bits per heavy atom. The van der Waals surface area contributed by atoms with Gasteiger partial charge in [0.05, 0.1) is 12.2 Å². The van der Waals surface area contributed by atoms with Crippen LogP contribution in [0.25, 0.3) is 0 Å². The van der Waals surface area contributed by atoms with Gasteiger partial charge in [-0.25, -0.2) is 8.78 Å². The van der Waals surface area contributed by atoms with E-state index in [0.29, 0.717) is 6.61 Å². The minimum absolute atomic E-state index is 0.0333. The van der Waals surface area contributed by atoms with Crippen LogP contribution in [-0.2, 0) is 11.2 Å². The van der Waals surface area contributed by atoms with Crippen molar-refractivity contribution in [2.75, 3.05) is 6.61 Å². The summed E-state index contributed by atoms with van der Waals surface area (Å²) in [5.74, 6) is -1.79. The van der Waals surface area contributed by atoms with Crippen LogP contribution in [0.3, 0.4) is 0 Å². The van der Waals surface area contributed by atoms with E-state index in [1.54, 1.807) is 0 Å². The van der Waals surface area contributed by atoms with Gasteiger partial charge in [-0.15, -0.1) is 0 Å². The van der Waals surface area contributed by atoms with Gasteiger partial charge in [-0.1, -0.05) is 32.9 Å². The summed E-state index contributed by atoms with van der Waals surface area (Å²) < 4.78 is 32.3. The summed E-state index contributed by atoms with van der Waals surface area (Å²) in [6.45, 7) is 8.13. The first kappa shape index (κ1) is 16.1. The van der Waals surface area contributed by atoms with E-state index in [4.69, 9.17) is 4.74 Å². The average molecular weight is 272 g/mol. The molecule has 1 rings (SSSR count). The normalized spacial score (nSPS) is 15.3. The molecule has 0 radical (unpaired) electrons. The molecule has 2 unspecified atom stereocenters. The summed E-state index contributed by atoms with van der Waals surface area (Å²) in [6.07, 6.45) is -1.28. The molecule has 4 heteroatoms. The van der Waals surface area contributed by atoms with Crippen LogP contribution in [0.5, 0.6) is 0 Å². The van der Waals surface area contributed by atoms with E-state index < -0.39 is 23.8 Å². The van der Waals surface area contributed by atoms with Gasteiger partial charge in [0.1, 0.15) is 0 Å². The lowest BCUT2D eigenvalue weighted by atomic mass is 9.83. The minimum Gasteiger partial charge on any atom is -0.390 e. The standard InChI is InChI=1S/C15H22F2O2/c1-5-19-14(15(2,3)4)12(18)9-10-7-6-8-11(16)13(10)17/h6-8,12,14,18H,5,9H2,1-4H3. The third-order valence-electron chi connectivity index (χ3n) is 3.01. The maximum absolute atomic E-state index is 13.6. The number of ether oxygens (including phenoxy) is 1. The molecule has 0 fully saturated rings. The van der Waals surface area contributed by atoms with Crippen molar-refractivity contribution in [3.63, 3.8) is 0 Å². The zero-order valence-electron chi connectivity index (χ0n) is 11.9. The smallest absolute Gasteiger partial charge is 0.162 e. The number of benzene rings is 1. The summed E-state index contributed by atoms with van der Waals surface area (Å²) in [7, 11) is 0. The van der Waals surface area contributed by atoms with Gasteiger partial charge in [0.15, 0.2) is 11.6 Å². The highest BCUT2D eigenvalue weighted by Crippen LogP contribution is 2.27. The number of aliphatic hydroxyl groups excluding tert-OH is 1. The molecule has 19 heavy (non-hydrogen) atoms. The van der Waals surface area contributed by atoms with Crippen LogP contribution >= 0.6 is 0 Å². The van der Waals surface area contributed by atoms with Crippen molar-refractivity contribution < 1.29 is 18.6 Å². The van der Waals surface area contributed by atoms with Crippen LogP contribution in [0.1, 0.15) is 33.3 Å². The van der Waals surface area contributed by atoms with Crippen molar-refractivity contribution in [1.82, 2.24) is 0 Å². The van der Waals surface area contributed by atoms with Crippen LogP contribution < -0.4 is 0 Å². The minimum atomic E-state index is -0.897. The monoisotopic (exact) mass is 272 g/mol. The van der Waals surface area contributed by atoms with Crippen LogP contribution in [-0.4, -0.2) is 23.9 Å². The fourth-order valence-electron chi connectivity index (χ4n) is 2.16. The molecule has 0 aliphatic carbocycles. The number of rotatable bonds is 5. The Morgan fingerprint density at radius 1 is 1.26 bits per heavy atom. The van der Waals surface area contributed by atoms with Gasteiger partial charge in [-0.2, -0.15) is 0 Å². The molecule has 1 N–H and O–H groups in total. The van der Waals surface area contributed by atoms with Gasteiger partial charge in [0.25, 0.3) is 0 Å². The van der Waals surface area contributed by atoms with E-state index in [2.05, 4.69) is 0 Å². The second-order valence-corrected chi connectivity index (χ2v) is 5.73. The van der Waals surface area contributed by atoms with Crippen molar-refractivity contribution in [2.45, 2.75) is 46.3 Å². The summed E-state index contributed by atoms with van der Waals surface area (Å²) in [6, 6.07) is 3.98. The number of hydrogen-bond donors (Lipinski definition) is 1. The van der Waals surface area contributed by atoms with Crippen LogP contribution in [0.4, 0.5) is 8.78 Å². The maximum Gasteiger partial charge on any atom is 0.162 e. The van der Waals surface area contributed by atoms with Crippen LogP contribution in [0.2, 0.25) is 0 Å². The average Bonchev–Trinajstić information content (AvgIpc) is 2.30. The van der Waals surface area contributed by atoms with Gasteiger partial charge in [0.2, 0.25) is 0 Å². The summed E-state index contributed by atoms with van der Waals surface area (Å²) in [4.78, 5) is 0. The van der Waals surface area contributed by atoms with Crippen molar-refractivity contribution in [2.24, 2.45) is 5.41 Å². The molecule has 1 aromatic rings. The lowest BCUT2D eigenvalue weighted by molar-refractivity contribution is -0.0875. The Morgan fingerprint density at radius 2 is 1.89 bits per heavy atom. The fraction of sp³-hybridized carbons (Fsp3) is 0.600. The highest BCUT2D eigenvalue weighted by atomic mass is 19.2. The molecule has 0 saturated carbocycles. The molecule has 0 bridgehead atoms. The lowest BCUT2D eigenvalue weighted by Gasteiger charge is -2.34. The molecular weight excluding hydrogens is 250 g/mol. The van der Waals surface area contributed by atoms with Gasteiger partial charge in [-0.05, 0) is 24.0 Å². The molecule has 2 atom stereocenters. The molecule has 0 aliphatic heterocycles. The predicted molar refractivity (Wildman–Crippen MR) is 70.9 cm³/mol. The Kier molecular flexibility index (Phi) is 5.44. The van der Waals surface area contributed by atoms with Gasteiger partial charge >= 0.3 is 0 Å². The highest BCUT2D eigenvalue weighted by Gasteiger charge is 2.32. The van der Waals surface area contributed by atoms with Gasteiger partial charge < -0.3 is 9.84 Å². The van der Waals surface area contributed by atoms with Crippen molar-refractivity contribution >= 4 is 0 Å². The first-order chi connectivity index (χ1) is 8.77. The zero-order valence-corrected chi connectivity index (χ0v) is 11.9. The molecule has 0 heterocycles. The molecule has 0 aromatic heterocycles. The Bertz CT molecular complexity index is 413. The fourth-order valence-corrected chi connectivity index (χ4v) is 2.16. The van der Waals surface area contributed by atoms with E-state index in [9.17, 15) is 13.9 Å². The molecular formula is C15H22F2O2. The zero-order chi connectivity index (χ0) is 14.6. The SMILES string of the molecule is CCOC(C(O)Cc1cccc(F)c1F)C(C)(C)C. The van der Waals surface area contributed by atoms with Gasteiger partial charge in [-0.3, -0.25) is 0 Å². The van der Waals surface area contributed by atoms with E-state index in [0.717, 1.165) is 6.07 Å². The van der Waals surface area contributed by atoms with Crippen LogP contribution in [0.15, 0.2) is 18.2 Å². The number of hydrogen-bond acceptors (Lipinski definition) is 2. The summed E-state index contributed by atoms with van der Waals surface area (Å²) >= 11 is 0. The third-order valence-corrected chi connectivity index (χ3v) is 3.01. The molecule has 0 saturated heterocycles. The molecule has 2 nitrogen and oxygen atoms in total. The number of halogens is 2. The summed E-state index contributed by atoms with van der Waals surface area (Å²) in [5.41, 5.74) is -0.111. The van der Waals surface area contributed by atoms with E-state index in [-0.39, 0.29) is 17.4 Å². The second kappa shape index (κ2) is 6.44. The molecule has 0 spiro atoms. The molecule has 0 amide bonds. The second-order valence-electron chi connectivity index (χ2n) is 5.73. The van der Waals surface area contributed by atoms with E-state index in [1.807, 2.05) is 27.7 Å². The molecule has 0 aliphatic rings. The van der Waals surface area contributed by atoms with Gasteiger partial charge in [0, 0.05) is 13.0 Å². The molecule has 108 valence electrons. The molecule has 1 aromatic carbocycles. The maximum atomic E-state index is 13.6. The highest BCUT2D eigenvalue weighted by molar-refractivity contribution is 5.20.